The van der Waals surface area contributed by atoms with E-state index in [0.717, 1.165) is 5.56 Å². The molecule has 0 saturated heterocycles. The summed E-state index contributed by atoms with van der Waals surface area (Å²) < 4.78 is 5.25. The lowest BCUT2D eigenvalue weighted by Gasteiger charge is -2.17. The van der Waals surface area contributed by atoms with Crippen LogP contribution in [0.4, 0.5) is 11.6 Å². The van der Waals surface area contributed by atoms with Crippen LogP contribution in [0.15, 0.2) is 66.9 Å². The van der Waals surface area contributed by atoms with Crippen molar-refractivity contribution in [2.75, 3.05) is 24.4 Å². The van der Waals surface area contributed by atoms with E-state index < -0.39 is 0 Å². The standard InChI is InChI=1S/C20H20N4O2/c1-24(14-15-8-4-3-5-9-15)20-21-13-12-17(23-20)19(25)22-16-10-6-7-11-18(16)26-2/h3-13H,14H2,1-2H3,(H,22,25). The molecule has 0 aliphatic heterocycles. The van der Waals surface area contributed by atoms with E-state index in [9.17, 15) is 4.79 Å². The number of hydrogen-bond acceptors (Lipinski definition) is 5. The second kappa shape index (κ2) is 8.11. The number of nitrogens with zero attached hydrogens (tertiary/aromatic N) is 3. The number of methoxy groups -OCH3 is 1. The highest BCUT2D eigenvalue weighted by atomic mass is 16.5. The number of benzene rings is 2. The van der Waals surface area contributed by atoms with Crippen LogP contribution < -0.4 is 15.0 Å². The first-order chi connectivity index (χ1) is 12.7. The van der Waals surface area contributed by atoms with E-state index in [1.54, 1.807) is 31.5 Å². The topological polar surface area (TPSA) is 67.3 Å². The number of aromatic nitrogens is 2. The van der Waals surface area contributed by atoms with Crippen molar-refractivity contribution in [1.29, 1.82) is 0 Å². The lowest BCUT2D eigenvalue weighted by atomic mass is 10.2. The van der Waals surface area contributed by atoms with Gasteiger partial charge in [0.1, 0.15) is 11.4 Å². The van der Waals surface area contributed by atoms with Crippen molar-refractivity contribution >= 4 is 17.5 Å². The van der Waals surface area contributed by atoms with Crippen LogP contribution in [0.2, 0.25) is 0 Å². The summed E-state index contributed by atoms with van der Waals surface area (Å²) in [5.74, 6) is 0.768. The molecule has 0 unspecified atom stereocenters. The molecule has 0 bridgehead atoms. The van der Waals surface area contributed by atoms with E-state index in [1.165, 1.54) is 0 Å². The Bertz CT molecular complexity index is 884. The molecule has 132 valence electrons. The van der Waals surface area contributed by atoms with Crippen molar-refractivity contribution < 1.29 is 9.53 Å². The van der Waals surface area contributed by atoms with E-state index in [2.05, 4.69) is 15.3 Å². The van der Waals surface area contributed by atoms with Gasteiger partial charge in [-0.1, -0.05) is 42.5 Å². The average molecular weight is 348 g/mol. The third kappa shape index (κ3) is 4.16. The van der Waals surface area contributed by atoms with Gasteiger partial charge in [0.05, 0.1) is 12.8 Å². The molecule has 0 radical (unpaired) electrons. The molecule has 3 rings (SSSR count). The van der Waals surface area contributed by atoms with Gasteiger partial charge in [0.15, 0.2) is 0 Å². The van der Waals surface area contributed by atoms with Crippen LogP contribution in [-0.4, -0.2) is 30.0 Å². The van der Waals surface area contributed by atoms with Gasteiger partial charge in [0.25, 0.3) is 5.91 Å². The molecule has 0 aliphatic carbocycles. The van der Waals surface area contributed by atoms with Crippen LogP contribution in [0, 0.1) is 0 Å². The normalized spacial score (nSPS) is 10.2. The monoisotopic (exact) mass is 348 g/mol. The van der Waals surface area contributed by atoms with Crippen molar-refractivity contribution in [2.24, 2.45) is 0 Å². The Morgan fingerprint density at radius 2 is 1.81 bits per heavy atom. The van der Waals surface area contributed by atoms with Gasteiger partial charge in [-0.3, -0.25) is 4.79 Å². The SMILES string of the molecule is COc1ccccc1NC(=O)c1ccnc(N(C)Cc2ccccc2)n1. The van der Waals surface area contributed by atoms with E-state index in [0.29, 0.717) is 29.6 Å². The number of carbonyl (C=O) groups is 1. The van der Waals surface area contributed by atoms with Gasteiger partial charge in [0.2, 0.25) is 5.95 Å². The van der Waals surface area contributed by atoms with Gasteiger partial charge in [-0.25, -0.2) is 9.97 Å². The highest BCUT2D eigenvalue weighted by molar-refractivity contribution is 6.03. The summed E-state index contributed by atoms with van der Waals surface area (Å²) in [6.45, 7) is 0.651. The number of carbonyl (C=O) groups excluding carboxylic acids is 1. The van der Waals surface area contributed by atoms with E-state index in [1.807, 2.05) is 54.4 Å². The van der Waals surface area contributed by atoms with Crippen molar-refractivity contribution in [3.05, 3.63) is 78.1 Å². The maximum absolute atomic E-state index is 12.5. The van der Waals surface area contributed by atoms with Gasteiger partial charge >= 0.3 is 0 Å². The number of nitrogens with one attached hydrogen (secondary N) is 1. The number of anilines is 2. The molecule has 0 aliphatic rings. The number of amides is 1. The van der Waals surface area contributed by atoms with Gasteiger partial charge in [-0.2, -0.15) is 0 Å². The van der Waals surface area contributed by atoms with Crippen LogP contribution in [0.5, 0.6) is 5.75 Å². The molecule has 6 nitrogen and oxygen atoms in total. The fraction of sp³-hybridized carbons (Fsp3) is 0.150. The lowest BCUT2D eigenvalue weighted by molar-refractivity contribution is 0.102. The summed E-state index contributed by atoms with van der Waals surface area (Å²) in [6.07, 6.45) is 1.58. The Morgan fingerprint density at radius 1 is 1.08 bits per heavy atom. The summed E-state index contributed by atoms with van der Waals surface area (Å²) in [5, 5.41) is 2.82. The first-order valence-electron chi connectivity index (χ1n) is 8.20. The molecular formula is C20H20N4O2. The van der Waals surface area contributed by atoms with Crippen molar-refractivity contribution in [2.45, 2.75) is 6.54 Å². The lowest BCUT2D eigenvalue weighted by Crippen LogP contribution is -2.21. The average Bonchev–Trinajstić information content (AvgIpc) is 2.69. The number of hydrogen-bond donors (Lipinski definition) is 1. The van der Waals surface area contributed by atoms with Crippen LogP contribution in [0.3, 0.4) is 0 Å². The van der Waals surface area contributed by atoms with Crippen LogP contribution in [0.1, 0.15) is 16.1 Å². The first kappa shape index (κ1) is 17.4. The predicted octanol–water partition coefficient (Wildman–Crippen LogP) is 3.37. The Kier molecular flexibility index (Phi) is 5.43. The molecule has 3 aromatic rings. The summed E-state index contributed by atoms with van der Waals surface area (Å²) in [7, 11) is 3.45. The van der Waals surface area contributed by atoms with E-state index >= 15 is 0 Å². The quantitative estimate of drug-likeness (QED) is 0.740. The van der Waals surface area contributed by atoms with Crippen LogP contribution in [0.25, 0.3) is 0 Å². The Balaban J connectivity index is 1.75. The Hall–Kier alpha value is -3.41. The molecule has 1 N–H and O–H groups in total. The fourth-order valence-corrected chi connectivity index (χ4v) is 2.52. The Labute approximate surface area is 152 Å². The minimum Gasteiger partial charge on any atom is -0.495 e. The summed E-state index contributed by atoms with van der Waals surface area (Å²) in [5.41, 5.74) is 2.03. The van der Waals surface area contributed by atoms with Crippen molar-refractivity contribution in [1.82, 2.24) is 9.97 Å². The molecule has 6 heteroatoms. The largest absolute Gasteiger partial charge is 0.495 e. The van der Waals surface area contributed by atoms with E-state index in [-0.39, 0.29) is 5.91 Å². The van der Waals surface area contributed by atoms with Gasteiger partial charge in [-0.15, -0.1) is 0 Å². The smallest absolute Gasteiger partial charge is 0.274 e. The fourth-order valence-electron chi connectivity index (χ4n) is 2.52. The second-order valence-electron chi connectivity index (χ2n) is 5.74. The number of para-hydroxylation sites is 2. The van der Waals surface area contributed by atoms with E-state index in [4.69, 9.17) is 4.74 Å². The molecule has 1 amide bonds. The zero-order chi connectivity index (χ0) is 18.4. The molecule has 26 heavy (non-hydrogen) atoms. The summed E-state index contributed by atoms with van der Waals surface area (Å²) in [4.78, 5) is 23.1. The first-order valence-corrected chi connectivity index (χ1v) is 8.20. The third-order valence-electron chi connectivity index (χ3n) is 3.83. The maximum Gasteiger partial charge on any atom is 0.274 e. The maximum atomic E-state index is 12.5. The number of rotatable bonds is 6. The molecule has 2 aromatic carbocycles. The molecule has 1 aromatic heterocycles. The van der Waals surface area contributed by atoms with Gasteiger partial charge in [-0.05, 0) is 23.8 Å². The van der Waals surface area contributed by atoms with Crippen molar-refractivity contribution in [3.8, 4) is 5.75 Å². The molecule has 0 atom stereocenters. The highest BCUT2D eigenvalue weighted by Crippen LogP contribution is 2.23. The van der Waals surface area contributed by atoms with Crippen molar-refractivity contribution in [3.63, 3.8) is 0 Å². The van der Waals surface area contributed by atoms with Gasteiger partial charge in [0, 0.05) is 19.8 Å². The zero-order valence-electron chi connectivity index (χ0n) is 14.7. The summed E-state index contributed by atoms with van der Waals surface area (Å²) >= 11 is 0. The minimum atomic E-state index is -0.314. The third-order valence-corrected chi connectivity index (χ3v) is 3.83. The Morgan fingerprint density at radius 3 is 2.58 bits per heavy atom. The summed E-state index contributed by atoms with van der Waals surface area (Å²) in [6, 6.07) is 18.8. The molecule has 0 saturated carbocycles. The molecular weight excluding hydrogens is 328 g/mol. The minimum absolute atomic E-state index is 0.292. The van der Waals surface area contributed by atoms with Gasteiger partial charge < -0.3 is 15.0 Å². The number of ether oxygens (including phenoxy) is 1. The second-order valence-corrected chi connectivity index (χ2v) is 5.74. The van der Waals surface area contributed by atoms with Crippen LogP contribution in [-0.2, 0) is 6.54 Å². The highest BCUT2D eigenvalue weighted by Gasteiger charge is 2.13. The molecule has 0 spiro atoms. The predicted molar refractivity (Wildman–Crippen MR) is 102 cm³/mol. The molecule has 0 fully saturated rings. The molecule has 1 heterocycles. The van der Waals surface area contributed by atoms with Crippen LogP contribution >= 0.6 is 0 Å². The zero-order valence-corrected chi connectivity index (χ0v) is 14.7.